The van der Waals surface area contributed by atoms with E-state index in [0.29, 0.717) is 26.2 Å². The minimum atomic E-state index is -0.455. The molecule has 5 heteroatoms. The van der Waals surface area contributed by atoms with Gasteiger partial charge in [-0.15, -0.1) is 0 Å². The van der Waals surface area contributed by atoms with Crippen LogP contribution in [0.5, 0.6) is 0 Å². The Balaban J connectivity index is 1.64. The van der Waals surface area contributed by atoms with Crippen LogP contribution in [-0.4, -0.2) is 43.1 Å². The molecule has 0 radical (unpaired) electrons. The van der Waals surface area contributed by atoms with Gasteiger partial charge in [0.2, 0.25) is 5.91 Å². The van der Waals surface area contributed by atoms with Crippen LogP contribution in [0.4, 0.5) is 4.79 Å². The first kappa shape index (κ1) is 16.8. The van der Waals surface area contributed by atoms with E-state index < -0.39 is 5.41 Å². The number of nitrogens with zero attached hydrogens (tertiary/aromatic N) is 1. The molecule has 0 bridgehead atoms. The molecule has 1 atom stereocenters. The third-order valence-electron chi connectivity index (χ3n) is 5.39. The van der Waals surface area contributed by atoms with E-state index in [1.807, 2.05) is 6.92 Å². The number of ether oxygens (including phenoxy) is 1. The first-order chi connectivity index (χ1) is 11.4. The predicted molar refractivity (Wildman–Crippen MR) is 91.8 cm³/mol. The fourth-order valence-corrected chi connectivity index (χ4v) is 3.72. The number of hydrogen-bond donors (Lipinski definition) is 1. The molecular weight excluding hydrogens is 304 g/mol. The van der Waals surface area contributed by atoms with Gasteiger partial charge in [-0.2, -0.15) is 0 Å². The molecule has 1 N–H and O–H groups in total. The molecule has 3 rings (SSSR count). The van der Waals surface area contributed by atoms with Crippen LogP contribution in [-0.2, 0) is 14.9 Å². The van der Waals surface area contributed by atoms with Crippen molar-refractivity contribution in [3.05, 3.63) is 35.4 Å². The number of hydrogen-bond acceptors (Lipinski definition) is 3. The van der Waals surface area contributed by atoms with E-state index in [1.165, 1.54) is 5.56 Å². The third-order valence-corrected chi connectivity index (χ3v) is 5.39. The highest BCUT2D eigenvalue weighted by atomic mass is 16.6. The van der Waals surface area contributed by atoms with Crippen LogP contribution in [0, 0.1) is 12.3 Å². The monoisotopic (exact) mass is 330 g/mol. The fraction of sp³-hybridized carbons (Fsp3) is 0.579. The van der Waals surface area contributed by atoms with E-state index >= 15 is 0 Å². The third kappa shape index (κ3) is 2.87. The van der Waals surface area contributed by atoms with Crippen molar-refractivity contribution in [2.24, 2.45) is 5.41 Å². The summed E-state index contributed by atoms with van der Waals surface area (Å²) in [5.41, 5.74) is 1.77. The average molecular weight is 330 g/mol. The van der Waals surface area contributed by atoms with Crippen molar-refractivity contribution in [1.29, 1.82) is 0 Å². The lowest BCUT2D eigenvalue weighted by Crippen LogP contribution is -2.45. The fourth-order valence-electron chi connectivity index (χ4n) is 3.72. The second kappa shape index (κ2) is 6.11. The van der Waals surface area contributed by atoms with Gasteiger partial charge in [0, 0.05) is 19.6 Å². The second-order valence-electron chi connectivity index (χ2n) is 7.54. The summed E-state index contributed by atoms with van der Waals surface area (Å²) in [5.74, 6) is 0.0572. The molecule has 130 valence electrons. The normalized spacial score (nSPS) is 25.1. The lowest BCUT2D eigenvalue weighted by Gasteiger charge is -2.27. The first-order valence-corrected chi connectivity index (χ1v) is 8.64. The van der Waals surface area contributed by atoms with Gasteiger partial charge in [0.15, 0.2) is 0 Å². The highest BCUT2D eigenvalue weighted by Gasteiger charge is 2.66. The van der Waals surface area contributed by atoms with Crippen molar-refractivity contribution in [3.63, 3.8) is 0 Å². The van der Waals surface area contributed by atoms with Crippen LogP contribution in [0.15, 0.2) is 24.3 Å². The number of carbonyl (C=O) groups excluding carboxylic acids is 2. The van der Waals surface area contributed by atoms with Gasteiger partial charge in [-0.25, -0.2) is 4.79 Å². The van der Waals surface area contributed by atoms with E-state index in [0.717, 1.165) is 18.4 Å². The molecule has 2 amide bonds. The van der Waals surface area contributed by atoms with Gasteiger partial charge in [0.05, 0.1) is 12.0 Å². The molecule has 1 unspecified atom stereocenters. The SMILES string of the molecule is Cc1ccc(C2(C(=O)NCCN3CCCOC3=O)CC2(C)C)cc1. The summed E-state index contributed by atoms with van der Waals surface area (Å²) in [6, 6.07) is 8.24. The summed E-state index contributed by atoms with van der Waals surface area (Å²) >= 11 is 0. The Bertz CT molecular complexity index is 639. The van der Waals surface area contributed by atoms with Crippen LogP contribution in [0.3, 0.4) is 0 Å². The van der Waals surface area contributed by atoms with Crippen LogP contribution in [0.25, 0.3) is 0 Å². The van der Waals surface area contributed by atoms with Crippen molar-refractivity contribution in [2.75, 3.05) is 26.2 Å². The Morgan fingerprint density at radius 3 is 2.54 bits per heavy atom. The molecule has 1 aliphatic carbocycles. The average Bonchev–Trinajstić information content (AvgIpc) is 3.14. The largest absolute Gasteiger partial charge is 0.449 e. The molecule has 1 aromatic carbocycles. The van der Waals surface area contributed by atoms with E-state index in [-0.39, 0.29) is 17.4 Å². The molecule has 0 aromatic heterocycles. The number of benzene rings is 1. The zero-order valence-electron chi connectivity index (χ0n) is 14.7. The van der Waals surface area contributed by atoms with Crippen molar-refractivity contribution in [1.82, 2.24) is 10.2 Å². The Kier molecular flexibility index (Phi) is 4.28. The molecule has 2 fully saturated rings. The van der Waals surface area contributed by atoms with Crippen LogP contribution >= 0.6 is 0 Å². The molecule has 1 aromatic rings. The molecule has 24 heavy (non-hydrogen) atoms. The number of aryl methyl sites for hydroxylation is 1. The maximum absolute atomic E-state index is 12.9. The van der Waals surface area contributed by atoms with Gasteiger partial charge in [-0.3, -0.25) is 4.79 Å². The standard InChI is InChI=1S/C19H26N2O3/c1-14-5-7-15(8-6-14)19(13-18(19,2)3)16(22)20-9-11-21-10-4-12-24-17(21)23/h5-8H,4,9-13H2,1-3H3,(H,20,22). The number of rotatable bonds is 5. The number of amides is 2. The molecule has 1 aliphatic heterocycles. The smallest absolute Gasteiger partial charge is 0.409 e. The molecule has 2 aliphatic rings. The van der Waals surface area contributed by atoms with E-state index in [4.69, 9.17) is 4.74 Å². The molecule has 1 saturated heterocycles. The Hall–Kier alpha value is -2.04. The number of carbonyl (C=O) groups is 2. The summed E-state index contributed by atoms with van der Waals surface area (Å²) in [4.78, 5) is 26.2. The zero-order chi connectivity index (χ0) is 17.4. The van der Waals surface area contributed by atoms with E-state index in [1.54, 1.807) is 4.90 Å². The number of nitrogens with one attached hydrogen (secondary N) is 1. The van der Waals surface area contributed by atoms with E-state index in [2.05, 4.69) is 43.4 Å². The summed E-state index contributed by atoms with van der Waals surface area (Å²) in [7, 11) is 0. The molecule has 0 spiro atoms. The van der Waals surface area contributed by atoms with Gasteiger partial charge in [0.25, 0.3) is 0 Å². The van der Waals surface area contributed by atoms with Crippen molar-refractivity contribution in [3.8, 4) is 0 Å². The zero-order valence-corrected chi connectivity index (χ0v) is 14.7. The highest BCUT2D eigenvalue weighted by Crippen LogP contribution is 2.64. The van der Waals surface area contributed by atoms with Gasteiger partial charge in [-0.05, 0) is 30.7 Å². The van der Waals surface area contributed by atoms with Crippen molar-refractivity contribution < 1.29 is 14.3 Å². The van der Waals surface area contributed by atoms with Crippen LogP contribution in [0.1, 0.15) is 37.8 Å². The lowest BCUT2D eigenvalue weighted by molar-refractivity contribution is -0.124. The van der Waals surface area contributed by atoms with Crippen molar-refractivity contribution >= 4 is 12.0 Å². The summed E-state index contributed by atoms with van der Waals surface area (Å²) in [6.07, 6.45) is 1.41. The number of cyclic esters (lactones) is 1. The topological polar surface area (TPSA) is 58.6 Å². The summed E-state index contributed by atoms with van der Waals surface area (Å²) < 4.78 is 5.02. The molecule has 5 nitrogen and oxygen atoms in total. The van der Waals surface area contributed by atoms with E-state index in [9.17, 15) is 9.59 Å². The van der Waals surface area contributed by atoms with Crippen molar-refractivity contribution in [2.45, 2.75) is 39.0 Å². The maximum atomic E-state index is 12.9. The van der Waals surface area contributed by atoms with Gasteiger partial charge >= 0.3 is 6.09 Å². The second-order valence-corrected chi connectivity index (χ2v) is 7.54. The highest BCUT2D eigenvalue weighted by molar-refractivity contribution is 5.93. The Morgan fingerprint density at radius 2 is 1.96 bits per heavy atom. The minimum Gasteiger partial charge on any atom is -0.449 e. The molecular formula is C19H26N2O3. The Morgan fingerprint density at radius 1 is 1.29 bits per heavy atom. The molecule has 1 saturated carbocycles. The Labute approximate surface area is 143 Å². The quantitative estimate of drug-likeness (QED) is 0.903. The minimum absolute atomic E-state index is 0.0452. The van der Waals surface area contributed by atoms with Crippen LogP contribution in [0.2, 0.25) is 0 Å². The first-order valence-electron chi connectivity index (χ1n) is 8.64. The van der Waals surface area contributed by atoms with Gasteiger partial charge < -0.3 is 15.0 Å². The van der Waals surface area contributed by atoms with Crippen LogP contribution < -0.4 is 5.32 Å². The maximum Gasteiger partial charge on any atom is 0.409 e. The van der Waals surface area contributed by atoms with Gasteiger partial charge in [0.1, 0.15) is 0 Å². The summed E-state index contributed by atoms with van der Waals surface area (Å²) in [6.45, 7) is 8.46. The summed E-state index contributed by atoms with van der Waals surface area (Å²) in [5, 5.41) is 3.03. The lowest BCUT2D eigenvalue weighted by atomic mass is 9.86. The molecule has 1 heterocycles. The van der Waals surface area contributed by atoms with Gasteiger partial charge in [-0.1, -0.05) is 43.7 Å². The predicted octanol–water partition coefficient (Wildman–Crippen LogP) is 2.62.